The minimum atomic E-state index is 0.340. The number of fused-ring (bicyclic) bond motifs is 1. The summed E-state index contributed by atoms with van der Waals surface area (Å²) in [6.45, 7) is 7.95. The molecule has 1 aliphatic carbocycles. The monoisotopic (exact) mass is 370 g/mol. The number of phenolic OH excluding ortho intramolecular Hbond substituents is 1. The standard InChI is InChI=1S/C21H30N4O2/c1-4-22-21(23-12-16-11-19(14(2)3)25-27-16)24-13-18-17-8-6-5-7-15(17)9-10-20(18)26/h9-11,14,26H,4-8,12-13H2,1-3H3,(H2,22,23,24). The topological polar surface area (TPSA) is 82.7 Å². The van der Waals surface area contributed by atoms with Gasteiger partial charge in [0.2, 0.25) is 0 Å². The van der Waals surface area contributed by atoms with Crippen LogP contribution in [-0.4, -0.2) is 22.8 Å². The number of benzene rings is 1. The first kappa shape index (κ1) is 19.3. The Hall–Kier alpha value is -2.50. The van der Waals surface area contributed by atoms with E-state index in [0.29, 0.717) is 30.7 Å². The van der Waals surface area contributed by atoms with E-state index in [-0.39, 0.29) is 0 Å². The van der Waals surface area contributed by atoms with E-state index in [1.165, 1.54) is 24.0 Å². The number of aryl methyl sites for hydroxylation is 1. The average molecular weight is 370 g/mol. The maximum absolute atomic E-state index is 10.3. The quantitative estimate of drug-likeness (QED) is 0.534. The SMILES string of the molecule is CCNC(=NCc1c(O)ccc2c1CCCC2)NCc1cc(C(C)C)no1. The van der Waals surface area contributed by atoms with E-state index in [4.69, 9.17) is 4.52 Å². The highest BCUT2D eigenvalue weighted by atomic mass is 16.5. The molecule has 6 nitrogen and oxygen atoms in total. The summed E-state index contributed by atoms with van der Waals surface area (Å²) in [7, 11) is 0. The van der Waals surface area contributed by atoms with E-state index in [1.807, 2.05) is 13.0 Å². The van der Waals surface area contributed by atoms with Crippen LogP contribution in [0.15, 0.2) is 27.7 Å². The van der Waals surface area contributed by atoms with Gasteiger partial charge >= 0.3 is 0 Å². The minimum Gasteiger partial charge on any atom is -0.508 e. The molecule has 3 N–H and O–H groups in total. The molecule has 0 unspecified atom stereocenters. The highest BCUT2D eigenvalue weighted by Gasteiger charge is 2.16. The van der Waals surface area contributed by atoms with Gasteiger partial charge in [-0.2, -0.15) is 0 Å². The maximum atomic E-state index is 10.3. The first-order valence-corrected chi connectivity index (χ1v) is 9.88. The summed E-state index contributed by atoms with van der Waals surface area (Å²) >= 11 is 0. The number of hydrogen-bond donors (Lipinski definition) is 3. The average Bonchev–Trinajstić information content (AvgIpc) is 3.14. The van der Waals surface area contributed by atoms with Crippen molar-refractivity contribution in [3.8, 4) is 5.75 Å². The Morgan fingerprint density at radius 3 is 2.81 bits per heavy atom. The first-order chi connectivity index (χ1) is 13.1. The Balaban J connectivity index is 1.70. The zero-order chi connectivity index (χ0) is 19.2. The van der Waals surface area contributed by atoms with Crippen molar-refractivity contribution in [1.82, 2.24) is 15.8 Å². The molecule has 27 heavy (non-hydrogen) atoms. The van der Waals surface area contributed by atoms with Crippen molar-refractivity contribution in [3.05, 3.63) is 46.3 Å². The van der Waals surface area contributed by atoms with Gasteiger partial charge in [-0.3, -0.25) is 0 Å². The van der Waals surface area contributed by atoms with E-state index >= 15 is 0 Å². The molecule has 1 heterocycles. The molecule has 1 aromatic heterocycles. The lowest BCUT2D eigenvalue weighted by atomic mass is 9.88. The van der Waals surface area contributed by atoms with Crippen LogP contribution in [0.4, 0.5) is 0 Å². The molecule has 0 radical (unpaired) electrons. The van der Waals surface area contributed by atoms with Gasteiger partial charge in [0.05, 0.1) is 18.8 Å². The highest BCUT2D eigenvalue weighted by molar-refractivity contribution is 5.79. The van der Waals surface area contributed by atoms with Gasteiger partial charge in [0.15, 0.2) is 11.7 Å². The number of rotatable bonds is 6. The fraction of sp³-hybridized carbons (Fsp3) is 0.524. The second-order valence-corrected chi connectivity index (χ2v) is 7.33. The summed E-state index contributed by atoms with van der Waals surface area (Å²) < 4.78 is 5.38. The third-order valence-electron chi connectivity index (χ3n) is 4.96. The van der Waals surface area contributed by atoms with Crippen LogP contribution in [0.25, 0.3) is 0 Å². The van der Waals surface area contributed by atoms with Crippen molar-refractivity contribution < 1.29 is 9.63 Å². The summed E-state index contributed by atoms with van der Waals surface area (Å²) in [4.78, 5) is 4.68. The summed E-state index contributed by atoms with van der Waals surface area (Å²) in [5, 5.41) is 21.0. The van der Waals surface area contributed by atoms with Gasteiger partial charge in [-0.25, -0.2) is 4.99 Å². The number of aliphatic imine (C=N–C) groups is 1. The first-order valence-electron chi connectivity index (χ1n) is 9.88. The molecule has 0 bridgehead atoms. The predicted octanol–water partition coefficient (Wildman–Crippen LogP) is 3.64. The second kappa shape index (κ2) is 8.93. The van der Waals surface area contributed by atoms with Gasteiger partial charge in [0.25, 0.3) is 0 Å². The number of aromatic nitrogens is 1. The third-order valence-corrected chi connectivity index (χ3v) is 4.96. The van der Waals surface area contributed by atoms with Crippen LogP contribution in [-0.2, 0) is 25.9 Å². The normalized spacial score (nSPS) is 14.3. The molecule has 0 atom stereocenters. The lowest BCUT2D eigenvalue weighted by Crippen LogP contribution is -2.36. The molecule has 3 rings (SSSR count). The van der Waals surface area contributed by atoms with Gasteiger partial charge < -0.3 is 20.3 Å². The van der Waals surface area contributed by atoms with Crippen molar-refractivity contribution in [2.24, 2.45) is 4.99 Å². The number of guanidine groups is 1. The fourth-order valence-corrected chi connectivity index (χ4v) is 3.42. The lowest BCUT2D eigenvalue weighted by Gasteiger charge is -2.20. The van der Waals surface area contributed by atoms with Crippen LogP contribution < -0.4 is 10.6 Å². The number of nitrogens with one attached hydrogen (secondary N) is 2. The Kier molecular flexibility index (Phi) is 6.37. The largest absolute Gasteiger partial charge is 0.508 e. The molecular weight excluding hydrogens is 340 g/mol. The smallest absolute Gasteiger partial charge is 0.191 e. The van der Waals surface area contributed by atoms with Crippen molar-refractivity contribution in [3.63, 3.8) is 0 Å². The van der Waals surface area contributed by atoms with Gasteiger partial charge in [0, 0.05) is 18.2 Å². The van der Waals surface area contributed by atoms with Crippen molar-refractivity contribution in [1.29, 1.82) is 0 Å². The highest BCUT2D eigenvalue weighted by Crippen LogP contribution is 2.31. The summed E-state index contributed by atoms with van der Waals surface area (Å²) in [6.07, 6.45) is 4.51. The molecule has 0 amide bonds. The molecule has 0 aliphatic heterocycles. The van der Waals surface area contributed by atoms with Crippen LogP contribution in [0.2, 0.25) is 0 Å². The third kappa shape index (κ3) is 4.81. The molecule has 1 aliphatic rings. The number of hydrogen-bond acceptors (Lipinski definition) is 4. The Morgan fingerprint density at radius 1 is 1.26 bits per heavy atom. The van der Waals surface area contributed by atoms with Crippen LogP contribution in [0.3, 0.4) is 0 Å². The van der Waals surface area contributed by atoms with Crippen LogP contribution >= 0.6 is 0 Å². The molecule has 0 saturated carbocycles. The number of phenols is 1. The maximum Gasteiger partial charge on any atom is 0.191 e. The lowest BCUT2D eigenvalue weighted by molar-refractivity contribution is 0.372. The second-order valence-electron chi connectivity index (χ2n) is 7.33. The molecule has 1 aromatic carbocycles. The zero-order valence-corrected chi connectivity index (χ0v) is 16.5. The summed E-state index contributed by atoms with van der Waals surface area (Å²) in [5.74, 6) is 2.17. The minimum absolute atomic E-state index is 0.340. The molecule has 6 heteroatoms. The summed E-state index contributed by atoms with van der Waals surface area (Å²) in [6, 6.07) is 5.83. The Labute approximate surface area is 161 Å². The Bertz CT molecular complexity index is 795. The van der Waals surface area contributed by atoms with Crippen molar-refractivity contribution in [2.75, 3.05) is 6.54 Å². The van der Waals surface area contributed by atoms with E-state index in [2.05, 4.69) is 40.7 Å². The van der Waals surface area contributed by atoms with Crippen LogP contribution in [0, 0.1) is 0 Å². The van der Waals surface area contributed by atoms with E-state index < -0.39 is 0 Å². The molecule has 146 valence electrons. The van der Waals surface area contributed by atoms with Gasteiger partial charge in [-0.05, 0) is 55.7 Å². The number of nitrogens with zero attached hydrogens (tertiary/aromatic N) is 2. The van der Waals surface area contributed by atoms with Crippen LogP contribution in [0.5, 0.6) is 5.75 Å². The Morgan fingerprint density at radius 2 is 2.07 bits per heavy atom. The van der Waals surface area contributed by atoms with Gasteiger partial charge in [-0.15, -0.1) is 0 Å². The van der Waals surface area contributed by atoms with Gasteiger partial charge in [-0.1, -0.05) is 25.1 Å². The fourth-order valence-electron chi connectivity index (χ4n) is 3.42. The number of aromatic hydroxyl groups is 1. The zero-order valence-electron chi connectivity index (χ0n) is 16.5. The molecule has 0 fully saturated rings. The molecule has 0 saturated heterocycles. The molecular formula is C21H30N4O2. The van der Waals surface area contributed by atoms with Crippen LogP contribution in [0.1, 0.15) is 67.7 Å². The summed E-state index contributed by atoms with van der Waals surface area (Å²) in [5.41, 5.74) is 4.53. The van der Waals surface area contributed by atoms with Crippen molar-refractivity contribution >= 4 is 5.96 Å². The van der Waals surface area contributed by atoms with E-state index in [1.54, 1.807) is 6.07 Å². The molecule has 2 aromatic rings. The molecule has 0 spiro atoms. The van der Waals surface area contributed by atoms with Gasteiger partial charge in [0.1, 0.15) is 5.75 Å². The van der Waals surface area contributed by atoms with E-state index in [9.17, 15) is 5.11 Å². The van der Waals surface area contributed by atoms with E-state index in [0.717, 1.165) is 36.4 Å². The van der Waals surface area contributed by atoms with Crippen molar-refractivity contribution in [2.45, 2.75) is 65.5 Å². The predicted molar refractivity (Wildman–Crippen MR) is 107 cm³/mol.